The van der Waals surface area contributed by atoms with Gasteiger partial charge >= 0.3 is 0 Å². The van der Waals surface area contributed by atoms with Gasteiger partial charge < -0.3 is 20.9 Å². The summed E-state index contributed by atoms with van der Waals surface area (Å²) in [4.78, 5) is 23.1. The van der Waals surface area contributed by atoms with Gasteiger partial charge in [-0.15, -0.1) is 0 Å². The van der Waals surface area contributed by atoms with Crippen molar-refractivity contribution in [1.82, 2.24) is 20.2 Å². The van der Waals surface area contributed by atoms with Crippen molar-refractivity contribution in [3.63, 3.8) is 0 Å². The zero-order valence-electron chi connectivity index (χ0n) is 22.0. The van der Waals surface area contributed by atoms with Crippen LogP contribution in [0.1, 0.15) is 31.1 Å². The Hall–Kier alpha value is -4.65. The fourth-order valence-corrected chi connectivity index (χ4v) is 3.51. The van der Waals surface area contributed by atoms with E-state index < -0.39 is 0 Å². The molecule has 7 heteroatoms. The third-order valence-corrected chi connectivity index (χ3v) is 5.52. The van der Waals surface area contributed by atoms with Crippen molar-refractivity contribution in [2.24, 2.45) is 0 Å². The standard InChI is InChI=1S/C30H34N6O/c1-7-27(36(5)6)20-28-23(4)32-19-16-29(28)35-25-12-10-24(11-13-25)30(37)34-22(3)9-8-21(2)33-26-14-17-31-18-15-26/h7-20,35H,4H2,1-3,5-6H3,(H,31,33)(H,34,37)/b21-8+,22-9+,27-7+,28-20+. The number of aromatic nitrogens is 2. The van der Waals surface area contributed by atoms with Crippen LogP contribution in [0.4, 0.5) is 17.1 Å². The Morgan fingerprint density at radius 1 is 0.919 bits per heavy atom. The van der Waals surface area contributed by atoms with Crippen molar-refractivity contribution in [2.75, 3.05) is 24.7 Å². The summed E-state index contributed by atoms with van der Waals surface area (Å²) in [6, 6.07) is 13.1. The highest BCUT2D eigenvalue weighted by atomic mass is 16.1. The lowest BCUT2D eigenvalue weighted by Crippen LogP contribution is -2.30. The Balaban J connectivity index is 1.69. The van der Waals surface area contributed by atoms with Crippen LogP contribution in [-0.4, -0.2) is 34.9 Å². The van der Waals surface area contributed by atoms with E-state index in [9.17, 15) is 4.79 Å². The van der Waals surface area contributed by atoms with Gasteiger partial charge in [-0.25, -0.2) is 0 Å². The van der Waals surface area contributed by atoms with E-state index in [-0.39, 0.29) is 5.91 Å². The third kappa shape index (κ3) is 7.93. The molecule has 1 aromatic carbocycles. The van der Waals surface area contributed by atoms with E-state index in [1.165, 1.54) is 0 Å². The Kier molecular flexibility index (Phi) is 9.38. The average molecular weight is 495 g/mol. The number of allylic oxidation sites excluding steroid dienone is 6. The van der Waals surface area contributed by atoms with Gasteiger partial charge in [-0.05, 0) is 81.5 Å². The fraction of sp³-hybridized carbons (Fsp3) is 0.167. The topological polar surface area (TPSA) is 82.2 Å². The summed E-state index contributed by atoms with van der Waals surface area (Å²) in [5.74, 6) is -0.171. The van der Waals surface area contributed by atoms with E-state index >= 15 is 0 Å². The summed E-state index contributed by atoms with van der Waals surface area (Å²) < 4.78 is 0. The lowest BCUT2D eigenvalue weighted by Gasteiger charge is -2.14. The number of carbonyl (C=O) groups is 1. The zero-order valence-corrected chi connectivity index (χ0v) is 22.0. The van der Waals surface area contributed by atoms with E-state index in [1.807, 2.05) is 88.3 Å². The summed E-state index contributed by atoms with van der Waals surface area (Å²) >= 11 is 0. The number of nitrogens with zero attached hydrogens (tertiary/aromatic N) is 3. The molecule has 0 aliphatic rings. The van der Waals surface area contributed by atoms with Crippen LogP contribution in [-0.2, 0) is 0 Å². The molecule has 0 aliphatic heterocycles. The van der Waals surface area contributed by atoms with Crippen molar-refractivity contribution in [1.29, 1.82) is 0 Å². The highest BCUT2D eigenvalue weighted by Gasteiger charge is 2.07. The Morgan fingerprint density at radius 3 is 2.24 bits per heavy atom. The average Bonchev–Trinajstić information content (AvgIpc) is 2.88. The molecule has 0 spiro atoms. The minimum Gasteiger partial charge on any atom is -0.378 e. The van der Waals surface area contributed by atoms with Gasteiger partial charge in [-0.1, -0.05) is 12.7 Å². The van der Waals surface area contributed by atoms with Crippen LogP contribution in [0.3, 0.4) is 0 Å². The largest absolute Gasteiger partial charge is 0.378 e. The highest BCUT2D eigenvalue weighted by molar-refractivity contribution is 5.95. The monoisotopic (exact) mass is 494 g/mol. The van der Waals surface area contributed by atoms with Gasteiger partial charge in [-0.2, -0.15) is 0 Å². The van der Waals surface area contributed by atoms with Crippen molar-refractivity contribution < 1.29 is 4.79 Å². The summed E-state index contributed by atoms with van der Waals surface area (Å²) in [5.41, 5.74) is 6.00. The molecule has 0 saturated carbocycles. The predicted octanol–water partition coefficient (Wildman–Crippen LogP) is 4.53. The second-order valence-electron chi connectivity index (χ2n) is 8.69. The number of carbonyl (C=O) groups excluding carboxylic acids is 1. The van der Waals surface area contributed by atoms with Crippen molar-refractivity contribution in [3.8, 4) is 0 Å². The summed E-state index contributed by atoms with van der Waals surface area (Å²) in [7, 11) is 3.99. The number of rotatable bonds is 9. The normalized spacial score (nSPS) is 12.8. The number of hydrogen-bond donors (Lipinski definition) is 3. The van der Waals surface area contributed by atoms with Crippen LogP contribution in [0.5, 0.6) is 0 Å². The molecule has 0 fully saturated rings. The molecule has 0 bridgehead atoms. The van der Waals surface area contributed by atoms with Crippen molar-refractivity contribution >= 4 is 35.6 Å². The molecule has 0 saturated heterocycles. The van der Waals surface area contributed by atoms with E-state index in [0.29, 0.717) is 10.9 Å². The molecule has 0 aliphatic carbocycles. The maximum atomic E-state index is 12.7. The molecule has 2 aromatic heterocycles. The predicted molar refractivity (Wildman–Crippen MR) is 153 cm³/mol. The van der Waals surface area contributed by atoms with Gasteiger partial charge in [0, 0.05) is 77.6 Å². The van der Waals surface area contributed by atoms with Crippen LogP contribution >= 0.6 is 0 Å². The van der Waals surface area contributed by atoms with Crippen LogP contribution in [0.15, 0.2) is 96.4 Å². The molecule has 37 heavy (non-hydrogen) atoms. The van der Waals surface area contributed by atoms with E-state index in [2.05, 4.69) is 38.6 Å². The summed E-state index contributed by atoms with van der Waals surface area (Å²) in [6.45, 7) is 9.90. The molecule has 2 heterocycles. The van der Waals surface area contributed by atoms with Crippen LogP contribution < -0.4 is 26.5 Å². The smallest absolute Gasteiger partial charge is 0.255 e. The van der Waals surface area contributed by atoms with Crippen molar-refractivity contribution in [3.05, 3.63) is 113 Å². The highest BCUT2D eigenvalue weighted by Crippen LogP contribution is 2.15. The van der Waals surface area contributed by atoms with E-state index in [0.717, 1.165) is 39.4 Å². The summed E-state index contributed by atoms with van der Waals surface area (Å²) in [5, 5.41) is 11.2. The lowest BCUT2D eigenvalue weighted by atomic mass is 10.1. The first kappa shape index (κ1) is 26.9. The van der Waals surface area contributed by atoms with Crippen molar-refractivity contribution in [2.45, 2.75) is 20.8 Å². The van der Waals surface area contributed by atoms with E-state index in [4.69, 9.17) is 0 Å². The molecule has 1 amide bonds. The Bertz CT molecular complexity index is 1420. The number of hydrogen-bond acceptors (Lipinski definition) is 6. The van der Waals surface area contributed by atoms with Gasteiger partial charge in [0.05, 0.1) is 5.35 Å². The SMILES string of the molecule is C=c1nccc(Nc2ccc(C(=O)N/C(C)=C/C=C(\C)Nc3ccncc3)cc2)/c1=C/C(=C\C)N(C)C. The zero-order chi connectivity index (χ0) is 26.8. The van der Waals surface area contributed by atoms with Crippen LogP contribution in [0.2, 0.25) is 0 Å². The molecule has 0 atom stereocenters. The number of benzene rings is 1. The number of anilines is 3. The van der Waals surface area contributed by atoms with Crippen LogP contribution in [0, 0.1) is 0 Å². The minimum absolute atomic E-state index is 0.171. The number of pyridine rings is 2. The Morgan fingerprint density at radius 2 is 1.59 bits per heavy atom. The molecule has 0 radical (unpaired) electrons. The second-order valence-corrected chi connectivity index (χ2v) is 8.69. The first-order chi connectivity index (χ1) is 17.8. The lowest BCUT2D eigenvalue weighted by molar-refractivity contribution is 0.0966. The molecular weight excluding hydrogens is 460 g/mol. The number of nitrogens with one attached hydrogen (secondary N) is 3. The molecule has 3 N–H and O–H groups in total. The molecule has 190 valence electrons. The minimum atomic E-state index is -0.171. The fourth-order valence-electron chi connectivity index (χ4n) is 3.51. The summed E-state index contributed by atoms with van der Waals surface area (Å²) in [6.07, 6.45) is 13.1. The van der Waals surface area contributed by atoms with Gasteiger partial charge in [0.15, 0.2) is 0 Å². The quantitative estimate of drug-likeness (QED) is 0.379. The van der Waals surface area contributed by atoms with Gasteiger partial charge in [0.2, 0.25) is 0 Å². The van der Waals surface area contributed by atoms with Crippen LogP contribution in [0.25, 0.3) is 12.7 Å². The van der Waals surface area contributed by atoms with Gasteiger partial charge in [0.1, 0.15) is 0 Å². The number of amides is 1. The van der Waals surface area contributed by atoms with Gasteiger partial charge in [0.25, 0.3) is 5.91 Å². The first-order valence-electron chi connectivity index (χ1n) is 12.0. The maximum absolute atomic E-state index is 12.7. The Labute approximate surface area is 218 Å². The molecule has 3 aromatic rings. The third-order valence-electron chi connectivity index (χ3n) is 5.52. The maximum Gasteiger partial charge on any atom is 0.255 e. The molecule has 7 nitrogen and oxygen atoms in total. The molecule has 3 rings (SSSR count). The molecule has 0 unspecified atom stereocenters. The van der Waals surface area contributed by atoms with Gasteiger partial charge in [-0.3, -0.25) is 14.8 Å². The molecular formula is C30H34N6O. The first-order valence-corrected chi connectivity index (χ1v) is 12.0. The van der Waals surface area contributed by atoms with E-state index in [1.54, 1.807) is 30.7 Å². The second kappa shape index (κ2) is 12.9.